The molecule has 0 aliphatic carbocycles. The summed E-state index contributed by atoms with van der Waals surface area (Å²) >= 11 is 0. The third-order valence-electron chi connectivity index (χ3n) is 1.96. The molecule has 0 bridgehead atoms. The fourth-order valence-corrected chi connectivity index (χ4v) is 1.12. The van der Waals surface area contributed by atoms with Gasteiger partial charge in [-0.05, 0) is 32.6 Å². The van der Waals surface area contributed by atoms with Crippen LogP contribution in [0.5, 0.6) is 0 Å². The predicted molar refractivity (Wildman–Crippen MR) is 70.7 cm³/mol. The molecule has 0 aliphatic rings. The first kappa shape index (κ1) is 14.0. The van der Waals surface area contributed by atoms with Crippen LogP contribution in [-0.4, -0.2) is 0 Å². The first-order chi connectivity index (χ1) is 7.41. The van der Waals surface area contributed by atoms with Crippen molar-refractivity contribution in [2.45, 2.75) is 39.0 Å². The van der Waals surface area contributed by atoms with Crippen LogP contribution in [0.2, 0.25) is 0 Å². The Morgan fingerprint density at radius 2 is 1.33 bits per heavy atom. The Hall–Kier alpha value is -1.04. The van der Waals surface area contributed by atoms with E-state index in [1.54, 1.807) is 6.08 Å². The Balaban J connectivity index is 3.30. The molecule has 0 aromatic heterocycles. The summed E-state index contributed by atoms with van der Waals surface area (Å²) in [5.74, 6) is 0. The van der Waals surface area contributed by atoms with Crippen molar-refractivity contribution in [1.82, 2.24) is 0 Å². The quantitative estimate of drug-likeness (QED) is 0.384. The standard InChI is InChI=1S/C15H23/c1-3-5-7-9-11-13-15-14-12-10-8-6-4-2/h3,5,7-10,12,14H,1,4,6,11,13,15H2,2H3. The van der Waals surface area contributed by atoms with Crippen LogP contribution in [0.15, 0.2) is 48.6 Å². The number of allylic oxidation sites excluding steroid dienone is 8. The van der Waals surface area contributed by atoms with Crippen molar-refractivity contribution >= 4 is 0 Å². The smallest absolute Gasteiger partial charge is 0.0313 e. The molecule has 83 valence electrons. The molecule has 0 aliphatic heterocycles. The van der Waals surface area contributed by atoms with E-state index in [2.05, 4.69) is 50.3 Å². The molecule has 0 aromatic carbocycles. The van der Waals surface area contributed by atoms with Crippen LogP contribution >= 0.6 is 0 Å². The molecule has 0 heterocycles. The van der Waals surface area contributed by atoms with E-state index in [1.165, 1.54) is 19.3 Å². The largest absolute Gasteiger partial charge is 0.0846 e. The summed E-state index contributed by atoms with van der Waals surface area (Å²) in [7, 11) is 0. The van der Waals surface area contributed by atoms with Crippen molar-refractivity contribution in [2.75, 3.05) is 0 Å². The number of hydrogen-bond acceptors (Lipinski definition) is 0. The van der Waals surface area contributed by atoms with Gasteiger partial charge in [0, 0.05) is 0 Å². The van der Waals surface area contributed by atoms with Gasteiger partial charge in [0.05, 0.1) is 0 Å². The van der Waals surface area contributed by atoms with Gasteiger partial charge in [-0.3, -0.25) is 0 Å². The fraction of sp³-hybridized carbons (Fsp3) is 0.400. The van der Waals surface area contributed by atoms with Crippen molar-refractivity contribution in [3.05, 3.63) is 55.5 Å². The summed E-state index contributed by atoms with van der Waals surface area (Å²) in [5.41, 5.74) is 0. The third-order valence-corrected chi connectivity index (χ3v) is 1.96. The highest BCUT2D eigenvalue weighted by Crippen LogP contribution is 1.98. The summed E-state index contributed by atoms with van der Waals surface area (Å²) in [6.45, 7) is 5.81. The van der Waals surface area contributed by atoms with E-state index in [4.69, 9.17) is 0 Å². The second-order valence-corrected chi connectivity index (χ2v) is 3.43. The Bertz CT molecular complexity index is 216. The van der Waals surface area contributed by atoms with Crippen LogP contribution in [0.25, 0.3) is 0 Å². The SMILES string of the molecule is [CH2]C=CC=CCCCC=CC=CCCC. The maximum Gasteiger partial charge on any atom is -0.0313 e. The molecular weight excluding hydrogens is 180 g/mol. The first-order valence-corrected chi connectivity index (χ1v) is 5.84. The average Bonchev–Trinajstić information content (AvgIpc) is 2.26. The zero-order chi connectivity index (χ0) is 11.2. The van der Waals surface area contributed by atoms with Gasteiger partial charge in [-0.25, -0.2) is 0 Å². The molecule has 15 heavy (non-hydrogen) atoms. The lowest BCUT2D eigenvalue weighted by Crippen LogP contribution is -1.68. The van der Waals surface area contributed by atoms with E-state index in [1.807, 2.05) is 6.08 Å². The minimum absolute atomic E-state index is 1.15. The highest BCUT2D eigenvalue weighted by atomic mass is 13.8. The van der Waals surface area contributed by atoms with Crippen LogP contribution in [0.4, 0.5) is 0 Å². The molecule has 0 unspecified atom stereocenters. The minimum atomic E-state index is 1.15. The number of rotatable bonds is 8. The van der Waals surface area contributed by atoms with Crippen molar-refractivity contribution in [3.63, 3.8) is 0 Å². The molecule has 0 amide bonds. The van der Waals surface area contributed by atoms with Crippen LogP contribution in [0.1, 0.15) is 39.0 Å². The average molecular weight is 203 g/mol. The van der Waals surface area contributed by atoms with Crippen LogP contribution in [0.3, 0.4) is 0 Å². The molecule has 0 fully saturated rings. The zero-order valence-electron chi connectivity index (χ0n) is 9.86. The Kier molecular flexibility index (Phi) is 12.1. The number of unbranched alkanes of at least 4 members (excludes halogenated alkanes) is 3. The molecule has 0 rings (SSSR count). The van der Waals surface area contributed by atoms with Gasteiger partial charge in [0.1, 0.15) is 0 Å². The lowest BCUT2D eigenvalue weighted by molar-refractivity contribution is 0.868. The van der Waals surface area contributed by atoms with E-state index in [0.717, 1.165) is 12.8 Å². The Morgan fingerprint density at radius 3 is 1.87 bits per heavy atom. The van der Waals surface area contributed by atoms with E-state index >= 15 is 0 Å². The second kappa shape index (κ2) is 13.0. The van der Waals surface area contributed by atoms with Crippen molar-refractivity contribution in [1.29, 1.82) is 0 Å². The van der Waals surface area contributed by atoms with Gasteiger partial charge >= 0.3 is 0 Å². The molecule has 0 spiro atoms. The Morgan fingerprint density at radius 1 is 0.800 bits per heavy atom. The van der Waals surface area contributed by atoms with Crippen LogP contribution in [-0.2, 0) is 0 Å². The van der Waals surface area contributed by atoms with Gasteiger partial charge in [-0.2, -0.15) is 0 Å². The molecule has 0 saturated heterocycles. The first-order valence-electron chi connectivity index (χ1n) is 5.84. The van der Waals surface area contributed by atoms with Gasteiger partial charge in [0.2, 0.25) is 0 Å². The highest BCUT2D eigenvalue weighted by molar-refractivity contribution is 5.04. The molecule has 1 radical (unpaired) electrons. The molecule has 0 saturated carbocycles. The zero-order valence-corrected chi connectivity index (χ0v) is 9.86. The highest BCUT2D eigenvalue weighted by Gasteiger charge is 1.78. The van der Waals surface area contributed by atoms with Crippen molar-refractivity contribution in [3.8, 4) is 0 Å². The molecule has 0 N–H and O–H groups in total. The monoisotopic (exact) mass is 203 g/mol. The van der Waals surface area contributed by atoms with Gasteiger partial charge in [0.15, 0.2) is 0 Å². The van der Waals surface area contributed by atoms with E-state index in [-0.39, 0.29) is 0 Å². The lowest BCUT2D eigenvalue weighted by Gasteiger charge is -1.88. The molecule has 0 nitrogen and oxygen atoms in total. The van der Waals surface area contributed by atoms with Gasteiger partial charge in [-0.1, -0.05) is 62.0 Å². The summed E-state index contributed by atoms with van der Waals surface area (Å²) in [5, 5.41) is 0. The van der Waals surface area contributed by atoms with Crippen molar-refractivity contribution in [2.24, 2.45) is 0 Å². The summed E-state index contributed by atoms with van der Waals surface area (Å²) in [6.07, 6.45) is 22.7. The van der Waals surface area contributed by atoms with Crippen LogP contribution in [0, 0.1) is 6.92 Å². The summed E-state index contributed by atoms with van der Waals surface area (Å²) in [4.78, 5) is 0. The van der Waals surface area contributed by atoms with Gasteiger partial charge < -0.3 is 0 Å². The lowest BCUT2D eigenvalue weighted by atomic mass is 10.2. The second-order valence-electron chi connectivity index (χ2n) is 3.43. The summed E-state index contributed by atoms with van der Waals surface area (Å²) < 4.78 is 0. The van der Waals surface area contributed by atoms with E-state index < -0.39 is 0 Å². The normalized spacial score (nSPS) is 12.9. The molecular formula is C15H23. The fourth-order valence-electron chi connectivity index (χ4n) is 1.12. The number of hydrogen-bond donors (Lipinski definition) is 0. The Labute approximate surface area is 95.1 Å². The third kappa shape index (κ3) is 13.0. The maximum absolute atomic E-state index is 3.62. The summed E-state index contributed by atoms with van der Waals surface area (Å²) in [6, 6.07) is 0. The van der Waals surface area contributed by atoms with Crippen molar-refractivity contribution < 1.29 is 0 Å². The molecule has 0 heteroatoms. The maximum atomic E-state index is 3.62. The topological polar surface area (TPSA) is 0 Å². The van der Waals surface area contributed by atoms with E-state index in [9.17, 15) is 0 Å². The predicted octanol–water partition coefficient (Wildman–Crippen LogP) is 5.02. The van der Waals surface area contributed by atoms with E-state index in [0.29, 0.717) is 0 Å². The van der Waals surface area contributed by atoms with Gasteiger partial charge in [0.25, 0.3) is 0 Å². The molecule has 0 atom stereocenters. The minimum Gasteiger partial charge on any atom is -0.0846 e. The van der Waals surface area contributed by atoms with Crippen LogP contribution < -0.4 is 0 Å². The molecule has 0 aromatic rings. The van der Waals surface area contributed by atoms with Gasteiger partial charge in [-0.15, -0.1) is 0 Å².